The monoisotopic (exact) mass is 566 g/mol. The lowest BCUT2D eigenvalue weighted by Crippen LogP contribution is -2.15. The van der Waals surface area contributed by atoms with Crippen molar-refractivity contribution in [2.75, 3.05) is 112 Å². The summed E-state index contributed by atoms with van der Waals surface area (Å²) in [5.41, 5.74) is 0. The third-order valence-electron chi connectivity index (χ3n) is 5.68. The summed E-state index contributed by atoms with van der Waals surface area (Å²) in [5, 5.41) is 0. The summed E-state index contributed by atoms with van der Waals surface area (Å²) in [6.45, 7) is 15.4. The molecule has 0 aliphatic rings. The highest BCUT2D eigenvalue weighted by atomic mass is 16.6. The Morgan fingerprint density at radius 3 is 1.23 bits per heavy atom. The second kappa shape index (κ2) is 33.4. The number of rotatable bonds is 33. The number of hydrogen-bond acceptors (Lipinski definition) is 10. The van der Waals surface area contributed by atoms with Crippen LogP contribution in [-0.4, -0.2) is 118 Å². The SMILES string of the molecule is CCCCCCCC(=O)OCCOCCOCCOCCOCCOCCOCCOCCOCC(C)CC. The van der Waals surface area contributed by atoms with Gasteiger partial charge in [-0.1, -0.05) is 52.9 Å². The fraction of sp³-hybridized carbons (Fsp3) is 0.966. The average Bonchev–Trinajstić information content (AvgIpc) is 2.94. The minimum atomic E-state index is -0.142. The summed E-state index contributed by atoms with van der Waals surface area (Å²) in [5.74, 6) is 0.457. The number of ether oxygens (including phenoxy) is 9. The van der Waals surface area contributed by atoms with Gasteiger partial charge in [-0.25, -0.2) is 0 Å². The Kier molecular flexibility index (Phi) is 32.6. The molecule has 0 bridgehead atoms. The zero-order valence-corrected chi connectivity index (χ0v) is 25.1. The molecule has 0 saturated carbocycles. The molecule has 0 amide bonds. The van der Waals surface area contributed by atoms with Crippen molar-refractivity contribution in [2.45, 2.75) is 65.7 Å². The van der Waals surface area contributed by atoms with Crippen LogP contribution in [0.15, 0.2) is 0 Å². The summed E-state index contributed by atoms with van der Waals surface area (Å²) in [6, 6.07) is 0. The van der Waals surface area contributed by atoms with E-state index in [1.54, 1.807) is 0 Å². The van der Waals surface area contributed by atoms with Crippen molar-refractivity contribution in [3.8, 4) is 0 Å². The number of esters is 1. The fourth-order valence-electron chi connectivity index (χ4n) is 3.10. The Hall–Kier alpha value is -0.850. The van der Waals surface area contributed by atoms with Crippen LogP contribution in [0.2, 0.25) is 0 Å². The van der Waals surface area contributed by atoms with Crippen molar-refractivity contribution in [2.24, 2.45) is 5.92 Å². The smallest absolute Gasteiger partial charge is 0.305 e. The largest absolute Gasteiger partial charge is 0.463 e. The Bertz CT molecular complexity index is 481. The van der Waals surface area contributed by atoms with Crippen LogP contribution in [0.25, 0.3) is 0 Å². The van der Waals surface area contributed by atoms with E-state index < -0.39 is 0 Å². The molecule has 39 heavy (non-hydrogen) atoms. The Balaban J connectivity index is 3.10. The van der Waals surface area contributed by atoms with Gasteiger partial charge >= 0.3 is 5.97 Å². The highest BCUT2D eigenvalue weighted by Crippen LogP contribution is 2.05. The standard InChI is InChI=1S/C29H58O10/c1-4-6-7-8-9-10-29(30)39-26-25-37-22-21-35-18-17-33-14-13-31-11-12-32-15-16-34-19-20-36-23-24-38-27-28(3)5-2/h28H,4-27H2,1-3H3. The van der Waals surface area contributed by atoms with Crippen LogP contribution < -0.4 is 0 Å². The molecule has 0 spiro atoms. The summed E-state index contributed by atoms with van der Waals surface area (Å²) >= 11 is 0. The van der Waals surface area contributed by atoms with E-state index in [-0.39, 0.29) is 5.97 Å². The fourth-order valence-corrected chi connectivity index (χ4v) is 3.10. The maximum atomic E-state index is 11.6. The van der Waals surface area contributed by atoms with Crippen LogP contribution in [0.1, 0.15) is 65.7 Å². The van der Waals surface area contributed by atoms with Gasteiger partial charge in [-0.05, 0) is 12.3 Å². The second-order valence-electron chi connectivity index (χ2n) is 9.26. The van der Waals surface area contributed by atoms with Gasteiger partial charge in [0.15, 0.2) is 0 Å². The van der Waals surface area contributed by atoms with E-state index >= 15 is 0 Å². The Morgan fingerprint density at radius 2 is 0.846 bits per heavy atom. The van der Waals surface area contributed by atoms with Gasteiger partial charge in [0, 0.05) is 13.0 Å². The van der Waals surface area contributed by atoms with Crippen LogP contribution in [0.5, 0.6) is 0 Å². The third kappa shape index (κ3) is 33.3. The van der Waals surface area contributed by atoms with Gasteiger partial charge in [0.05, 0.1) is 99.1 Å². The third-order valence-corrected chi connectivity index (χ3v) is 5.68. The topological polar surface area (TPSA) is 100 Å². The van der Waals surface area contributed by atoms with Crippen LogP contribution >= 0.6 is 0 Å². The van der Waals surface area contributed by atoms with Gasteiger partial charge in [0.25, 0.3) is 0 Å². The lowest BCUT2D eigenvalue weighted by atomic mass is 10.1. The van der Waals surface area contributed by atoms with Crippen molar-refractivity contribution >= 4 is 5.97 Å². The van der Waals surface area contributed by atoms with Crippen LogP contribution in [0, 0.1) is 5.92 Å². The molecule has 0 radical (unpaired) electrons. The first-order valence-corrected chi connectivity index (χ1v) is 15.0. The molecule has 0 fully saturated rings. The number of carbonyl (C=O) groups excluding carboxylic acids is 1. The lowest BCUT2D eigenvalue weighted by Gasteiger charge is -2.10. The second-order valence-corrected chi connectivity index (χ2v) is 9.26. The Labute approximate surface area is 237 Å². The summed E-state index contributed by atoms with van der Waals surface area (Å²) in [6.07, 6.45) is 7.24. The van der Waals surface area contributed by atoms with E-state index in [2.05, 4.69) is 20.8 Å². The molecular weight excluding hydrogens is 508 g/mol. The number of unbranched alkanes of at least 4 members (excludes halogenated alkanes) is 4. The molecule has 0 heterocycles. The first-order valence-electron chi connectivity index (χ1n) is 15.0. The molecule has 0 aromatic carbocycles. The van der Waals surface area contributed by atoms with E-state index in [1.807, 2.05) is 0 Å². The highest BCUT2D eigenvalue weighted by molar-refractivity contribution is 5.69. The summed E-state index contributed by atoms with van der Waals surface area (Å²) in [7, 11) is 0. The molecule has 0 saturated heterocycles. The predicted molar refractivity (Wildman–Crippen MR) is 150 cm³/mol. The number of carbonyl (C=O) groups is 1. The molecule has 0 aliphatic carbocycles. The Morgan fingerprint density at radius 1 is 0.487 bits per heavy atom. The molecule has 1 atom stereocenters. The zero-order chi connectivity index (χ0) is 28.5. The van der Waals surface area contributed by atoms with Gasteiger partial charge in [-0.3, -0.25) is 4.79 Å². The quantitative estimate of drug-likeness (QED) is 0.0854. The van der Waals surface area contributed by atoms with Crippen LogP contribution in [-0.2, 0) is 47.4 Å². The molecule has 234 valence electrons. The molecule has 10 heteroatoms. The predicted octanol–water partition coefficient (Wildman–Crippen LogP) is 4.07. The van der Waals surface area contributed by atoms with Gasteiger partial charge in [0.2, 0.25) is 0 Å². The average molecular weight is 567 g/mol. The molecule has 0 aliphatic heterocycles. The van der Waals surface area contributed by atoms with Gasteiger partial charge in [0.1, 0.15) is 6.61 Å². The van der Waals surface area contributed by atoms with E-state index in [0.29, 0.717) is 118 Å². The van der Waals surface area contributed by atoms with Crippen LogP contribution in [0.3, 0.4) is 0 Å². The van der Waals surface area contributed by atoms with Crippen molar-refractivity contribution in [1.82, 2.24) is 0 Å². The normalized spacial score (nSPS) is 12.2. The van der Waals surface area contributed by atoms with Gasteiger partial charge in [-0.15, -0.1) is 0 Å². The molecule has 0 aromatic rings. The van der Waals surface area contributed by atoms with Crippen molar-refractivity contribution in [3.05, 3.63) is 0 Å². The highest BCUT2D eigenvalue weighted by Gasteiger charge is 2.02. The van der Waals surface area contributed by atoms with Crippen molar-refractivity contribution < 1.29 is 47.4 Å². The molecular formula is C29H58O10. The minimum absolute atomic E-state index is 0.142. The van der Waals surface area contributed by atoms with E-state index in [1.165, 1.54) is 19.3 Å². The van der Waals surface area contributed by atoms with Crippen LogP contribution in [0.4, 0.5) is 0 Å². The van der Waals surface area contributed by atoms with Crippen molar-refractivity contribution in [3.63, 3.8) is 0 Å². The molecule has 0 rings (SSSR count). The first-order chi connectivity index (χ1) is 19.2. The summed E-state index contributed by atoms with van der Waals surface area (Å²) < 4.78 is 48.8. The molecule has 1 unspecified atom stereocenters. The maximum absolute atomic E-state index is 11.6. The lowest BCUT2D eigenvalue weighted by molar-refractivity contribution is -0.145. The van der Waals surface area contributed by atoms with E-state index in [4.69, 9.17) is 42.6 Å². The summed E-state index contributed by atoms with van der Waals surface area (Å²) in [4.78, 5) is 11.6. The van der Waals surface area contributed by atoms with Crippen molar-refractivity contribution in [1.29, 1.82) is 0 Å². The first kappa shape index (κ1) is 38.1. The minimum Gasteiger partial charge on any atom is -0.463 e. The number of hydrogen-bond donors (Lipinski definition) is 0. The van der Waals surface area contributed by atoms with Gasteiger partial charge < -0.3 is 42.6 Å². The zero-order valence-electron chi connectivity index (χ0n) is 25.1. The molecule has 10 nitrogen and oxygen atoms in total. The molecule has 0 aromatic heterocycles. The maximum Gasteiger partial charge on any atom is 0.305 e. The van der Waals surface area contributed by atoms with E-state index in [0.717, 1.165) is 25.9 Å². The van der Waals surface area contributed by atoms with E-state index in [9.17, 15) is 4.79 Å². The van der Waals surface area contributed by atoms with Gasteiger partial charge in [-0.2, -0.15) is 0 Å². The molecule has 0 N–H and O–H groups in total.